The van der Waals surface area contributed by atoms with Crippen molar-refractivity contribution < 1.29 is 24.5 Å². The van der Waals surface area contributed by atoms with Crippen LogP contribution in [0.1, 0.15) is 5.69 Å². The average Bonchev–Trinajstić information content (AvgIpc) is 3.34. The zero-order valence-corrected chi connectivity index (χ0v) is 22.4. The van der Waals surface area contributed by atoms with Crippen molar-refractivity contribution in [2.75, 3.05) is 0 Å². The van der Waals surface area contributed by atoms with E-state index in [-0.39, 0.29) is 20.1 Å². The van der Waals surface area contributed by atoms with E-state index >= 15 is 0 Å². The zero-order chi connectivity index (χ0) is 24.3. The molecule has 0 unspecified atom stereocenters. The van der Waals surface area contributed by atoms with Crippen molar-refractivity contribution in [3.8, 4) is 22.5 Å². The maximum atomic E-state index is 6.31. The first-order chi connectivity index (χ1) is 17.8. The van der Waals surface area contributed by atoms with Crippen LogP contribution in [0.4, 0.5) is 0 Å². The standard InChI is InChI=1S/C21H13N2O.C11H8N.Ir/c1-13-11-18-14(12-23-13)8-9-16-15-5-4-6-17(20(15)24-21(16)18)19-7-2-3-10-22-19;1-2-6-10(7-3-1)11-8-4-5-9-12-11;/h2-5,7-12H,1H3;1-6,8-9H;/q2*-1;. The van der Waals surface area contributed by atoms with Crippen LogP contribution in [-0.4, -0.2) is 15.0 Å². The molecule has 181 valence electrons. The third-order valence-corrected chi connectivity index (χ3v) is 6.00. The normalized spacial score (nSPS) is 10.6. The predicted molar refractivity (Wildman–Crippen MR) is 144 cm³/mol. The van der Waals surface area contributed by atoms with Gasteiger partial charge in [0.2, 0.25) is 0 Å². The van der Waals surface area contributed by atoms with Gasteiger partial charge in [0.25, 0.3) is 0 Å². The van der Waals surface area contributed by atoms with Gasteiger partial charge in [-0.05, 0) is 36.5 Å². The molecule has 4 heterocycles. The van der Waals surface area contributed by atoms with E-state index in [0.29, 0.717) is 0 Å². The van der Waals surface area contributed by atoms with Gasteiger partial charge >= 0.3 is 0 Å². The van der Waals surface area contributed by atoms with Crippen LogP contribution >= 0.6 is 0 Å². The number of aryl methyl sites for hydroxylation is 1. The Labute approximate surface area is 228 Å². The third kappa shape index (κ3) is 4.92. The van der Waals surface area contributed by atoms with Crippen molar-refractivity contribution in [1.82, 2.24) is 15.0 Å². The number of fused-ring (bicyclic) bond motifs is 5. The first kappa shape index (κ1) is 24.5. The van der Waals surface area contributed by atoms with E-state index in [0.717, 1.165) is 60.9 Å². The largest absolute Gasteiger partial charge is 0.500 e. The van der Waals surface area contributed by atoms with Crippen LogP contribution in [0.25, 0.3) is 55.2 Å². The van der Waals surface area contributed by atoms with E-state index in [4.69, 9.17) is 4.42 Å². The molecule has 0 aliphatic carbocycles. The fourth-order valence-corrected chi connectivity index (χ4v) is 4.30. The Kier molecular flexibility index (Phi) is 7.18. The van der Waals surface area contributed by atoms with E-state index in [2.05, 4.69) is 45.3 Å². The van der Waals surface area contributed by atoms with E-state index < -0.39 is 0 Å². The molecule has 0 N–H and O–H groups in total. The molecule has 7 rings (SSSR count). The smallest absolute Gasteiger partial charge is 0.128 e. The SMILES string of the molecule is Cc1cc2c(ccc3c4cc[c-]c(-c5ccccn5)c4oc23)cn1.[Ir].[c-]1ccccc1-c1ccccn1. The second-order valence-electron chi connectivity index (χ2n) is 8.39. The molecule has 0 aliphatic rings. The van der Waals surface area contributed by atoms with Crippen molar-refractivity contribution in [2.45, 2.75) is 6.92 Å². The summed E-state index contributed by atoms with van der Waals surface area (Å²) >= 11 is 0. The molecule has 0 bridgehead atoms. The van der Waals surface area contributed by atoms with E-state index in [1.54, 1.807) is 12.4 Å². The van der Waals surface area contributed by atoms with Gasteiger partial charge in [0.15, 0.2) is 0 Å². The van der Waals surface area contributed by atoms with Gasteiger partial charge < -0.3 is 14.4 Å². The Bertz CT molecular complexity index is 1750. The summed E-state index contributed by atoms with van der Waals surface area (Å²) in [4.78, 5) is 13.0. The van der Waals surface area contributed by atoms with Crippen LogP contribution < -0.4 is 0 Å². The average molecular weight is 656 g/mol. The van der Waals surface area contributed by atoms with Crippen LogP contribution in [0.5, 0.6) is 0 Å². The summed E-state index contributed by atoms with van der Waals surface area (Å²) in [6.07, 6.45) is 5.47. The monoisotopic (exact) mass is 656 g/mol. The Morgan fingerprint density at radius 3 is 2.14 bits per heavy atom. The van der Waals surface area contributed by atoms with Crippen molar-refractivity contribution in [3.05, 3.63) is 127 Å². The van der Waals surface area contributed by atoms with Gasteiger partial charge in [-0.25, -0.2) is 0 Å². The second kappa shape index (κ2) is 10.8. The minimum atomic E-state index is 0. The maximum absolute atomic E-state index is 6.31. The van der Waals surface area contributed by atoms with Gasteiger partial charge in [0.05, 0.1) is 5.58 Å². The van der Waals surface area contributed by atoms with Crippen LogP contribution in [0.3, 0.4) is 0 Å². The predicted octanol–water partition coefficient (Wildman–Crippen LogP) is 7.85. The van der Waals surface area contributed by atoms with E-state index in [1.807, 2.05) is 85.9 Å². The molecule has 5 heteroatoms. The topological polar surface area (TPSA) is 51.8 Å². The molecule has 4 aromatic heterocycles. The van der Waals surface area contributed by atoms with Crippen LogP contribution in [0, 0.1) is 19.1 Å². The van der Waals surface area contributed by atoms with Crippen LogP contribution in [-0.2, 0) is 20.1 Å². The molecule has 0 saturated carbocycles. The fraction of sp³-hybridized carbons (Fsp3) is 0.0312. The van der Waals surface area contributed by atoms with Gasteiger partial charge in [0, 0.05) is 60.5 Å². The summed E-state index contributed by atoms with van der Waals surface area (Å²) in [5, 5.41) is 4.36. The van der Waals surface area contributed by atoms with Crippen molar-refractivity contribution in [2.24, 2.45) is 0 Å². The van der Waals surface area contributed by atoms with Crippen LogP contribution in [0.2, 0.25) is 0 Å². The summed E-state index contributed by atoms with van der Waals surface area (Å²) in [7, 11) is 0. The Hall–Kier alpha value is -4.18. The summed E-state index contributed by atoms with van der Waals surface area (Å²) in [6, 6.07) is 36.2. The van der Waals surface area contributed by atoms with Gasteiger partial charge in [-0.15, -0.1) is 54.1 Å². The van der Waals surface area contributed by atoms with Gasteiger partial charge in [-0.1, -0.05) is 47.3 Å². The van der Waals surface area contributed by atoms with Gasteiger partial charge in [-0.2, -0.15) is 0 Å². The number of furan rings is 1. The Morgan fingerprint density at radius 2 is 1.41 bits per heavy atom. The number of hydrogen-bond donors (Lipinski definition) is 0. The van der Waals surface area contributed by atoms with Crippen molar-refractivity contribution in [3.63, 3.8) is 0 Å². The molecule has 7 aromatic rings. The van der Waals surface area contributed by atoms with E-state index in [1.165, 1.54) is 0 Å². The number of aromatic nitrogens is 3. The molecule has 0 spiro atoms. The Balaban J connectivity index is 0.000000183. The zero-order valence-electron chi connectivity index (χ0n) is 20.0. The van der Waals surface area contributed by atoms with E-state index in [9.17, 15) is 0 Å². The van der Waals surface area contributed by atoms with Crippen molar-refractivity contribution >= 4 is 32.7 Å². The number of rotatable bonds is 2. The summed E-state index contributed by atoms with van der Waals surface area (Å²) in [5.74, 6) is 0. The third-order valence-electron chi connectivity index (χ3n) is 6.00. The summed E-state index contributed by atoms with van der Waals surface area (Å²) in [6.45, 7) is 1.99. The van der Waals surface area contributed by atoms with Gasteiger partial charge in [-0.3, -0.25) is 4.98 Å². The summed E-state index contributed by atoms with van der Waals surface area (Å²) in [5.41, 5.74) is 6.47. The Morgan fingerprint density at radius 1 is 0.649 bits per heavy atom. The molecule has 4 nitrogen and oxygen atoms in total. The van der Waals surface area contributed by atoms with Gasteiger partial charge in [0.1, 0.15) is 5.58 Å². The first-order valence-corrected chi connectivity index (χ1v) is 11.7. The molecule has 0 amide bonds. The molecule has 0 atom stereocenters. The molecular formula is C32H21IrN3O-2. The van der Waals surface area contributed by atoms with Crippen LogP contribution in [0.15, 0.2) is 114 Å². The maximum Gasteiger partial charge on any atom is 0.128 e. The number of pyridine rings is 3. The molecule has 0 saturated heterocycles. The minimum absolute atomic E-state index is 0. The number of nitrogens with zero attached hydrogens (tertiary/aromatic N) is 3. The molecule has 0 fully saturated rings. The minimum Gasteiger partial charge on any atom is -0.500 e. The molecule has 0 aliphatic heterocycles. The summed E-state index contributed by atoms with van der Waals surface area (Å²) < 4.78 is 6.31. The number of benzene rings is 3. The molecule has 37 heavy (non-hydrogen) atoms. The molecular weight excluding hydrogens is 635 g/mol. The number of hydrogen-bond acceptors (Lipinski definition) is 4. The fourth-order valence-electron chi connectivity index (χ4n) is 4.30. The second-order valence-corrected chi connectivity index (χ2v) is 8.39. The molecule has 3 aromatic carbocycles. The quantitative estimate of drug-likeness (QED) is 0.178. The molecule has 1 radical (unpaired) electrons. The first-order valence-electron chi connectivity index (χ1n) is 11.7. The van der Waals surface area contributed by atoms with Crippen molar-refractivity contribution in [1.29, 1.82) is 0 Å².